The summed E-state index contributed by atoms with van der Waals surface area (Å²) in [6.45, 7) is 1.56. The van der Waals surface area contributed by atoms with Crippen LogP contribution in [0, 0.1) is 0 Å². The van der Waals surface area contributed by atoms with Gasteiger partial charge in [-0.15, -0.1) is 12.4 Å². The topological polar surface area (TPSA) is 29.1 Å². The molecule has 0 fully saturated rings. The molecule has 3 heteroatoms. The SMILES string of the molecule is CC(=O)NC1C=C(Cc2ccccc2)c2ccccc21.Cl. The molecule has 0 aromatic heterocycles. The summed E-state index contributed by atoms with van der Waals surface area (Å²) in [5, 5.41) is 3.00. The van der Waals surface area contributed by atoms with E-state index in [0.717, 1.165) is 6.42 Å². The second kappa shape index (κ2) is 6.59. The van der Waals surface area contributed by atoms with Crippen LogP contribution in [-0.4, -0.2) is 5.91 Å². The molecule has 2 aromatic carbocycles. The maximum Gasteiger partial charge on any atom is 0.217 e. The molecule has 1 aliphatic carbocycles. The maximum atomic E-state index is 11.3. The number of carbonyl (C=O) groups is 1. The standard InChI is InChI=1S/C18H17NO.ClH/c1-13(20)19-18-12-15(11-14-7-3-2-4-8-14)16-9-5-6-10-17(16)18;/h2-10,12,18H,11H2,1H3,(H,19,20);1H. The van der Waals surface area contributed by atoms with E-state index >= 15 is 0 Å². The van der Waals surface area contributed by atoms with Gasteiger partial charge in [-0.05, 0) is 28.7 Å². The van der Waals surface area contributed by atoms with Gasteiger partial charge >= 0.3 is 0 Å². The first-order chi connectivity index (χ1) is 9.74. The lowest BCUT2D eigenvalue weighted by atomic mass is 9.99. The van der Waals surface area contributed by atoms with Gasteiger partial charge in [0.1, 0.15) is 0 Å². The Balaban J connectivity index is 0.00000161. The maximum absolute atomic E-state index is 11.3. The van der Waals surface area contributed by atoms with E-state index in [9.17, 15) is 4.79 Å². The average Bonchev–Trinajstić information content (AvgIpc) is 2.78. The minimum atomic E-state index is 0. The Labute approximate surface area is 131 Å². The summed E-state index contributed by atoms with van der Waals surface area (Å²) in [5.41, 5.74) is 5.01. The van der Waals surface area contributed by atoms with E-state index < -0.39 is 0 Å². The number of carbonyl (C=O) groups excluding carboxylic acids is 1. The molecule has 3 rings (SSSR count). The number of fused-ring (bicyclic) bond motifs is 1. The lowest BCUT2D eigenvalue weighted by Crippen LogP contribution is -2.23. The minimum absolute atomic E-state index is 0. The van der Waals surface area contributed by atoms with Crippen molar-refractivity contribution in [2.75, 3.05) is 0 Å². The third-order valence-corrected chi connectivity index (χ3v) is 3.61. The lowest BCUT2D eigenvalue weighted by Gasteiger charge is -2.11. The van der Waals surface area contributed by atoms with Crippen molar-refractivity contribution in [3.8, 4) is 0 Å². The van der Waals surface area contributed by atoms with Gasteiger partial charge in [-0.2, -0.15) is 0 Å². The van der Waals surface area contributed by atoms with Crippen LogP contribution in [0.4, 0.5) is 0 Å². The highest BCUT2D eigenvalue weighted by atomic mass is 35.5. The molecule has 21 heavy (non-hydrogen) atoms. The quantitative estimate of drug-likeness (QED) is 0.914. The van der Waals surface area contributed by atoms with E-state index in [1.54, 1.807) is 6.92 Å². The largest absolute Gasteiger partial charge is 0.346 e. The van der Waals surface area contributed by atoms with Crippen LogP contribution in [0.15, 0.2) is 60.7 Å². The highest BCUT2D eigenvalue weighted by molar-refractivity contribution is 5.85. The Morgan fingerprint density at radius 1 is 1.05 bits per heavy atom. The van der Waals surface area contributed by atoms with Crippen molar-refractivity contribution in [1.29, 1.82) is 0 Å². The minimum Gasteiger partial charge on any atom is -0.346 e. The van der Waals surface area contributed by atoms with Gasteiger partial charge in [0.2, 0.25) is 5.91 Å². The normalized spacial score (nSPS) is 15.7. The van der Waals surface area contributed by atoms with Gasteiger partial charge in [0.15, 0.2) is 0 Å². The van der Waals surface area contributed by atoms with E-state index in [-0.39, 0.29) is 24.4 Å². The number of rotatable bonds is 3. The van der Waals surface area contributed by atoms with E-state index in [1.165, 1.54) is 22.3 Å². The Bertz CT molecular complexity index is 664. The molecule has 0 saturated carbocycles. The number of halogens is 1. The molecule has 1 aliphatic rings. The predicted octanol–water partition coefficient (Wildman–Crippen LogP) is 3.93. The molecule has 0 spiro atoms. The summed E-state index contributed by atoms with van der Waals surface area (Å²) in [4.78, 5) is 11.3. The zero-order valence-corrected chi connectivity index (χ0v) is 12.7. The molecule has 1 amide bonds. The zero-order valence-electron chi connectivity index (χ0n) is 11.9. The highest BCUT2D eigenvalue weighted by Gasteiger charge is 2.23. The smallest absolute Gasteiger partial charge is 0.217 e. The Hall–Kier alpha value is -2.06. The second-order valence-electron chi connectivity index (χ2n) is 5.12. The van der Waals surface area contributed by atoms with Crippen LogP contribution in [0.5, 0.6) is 0 Å². The van der Waals surface area contributed by atoms with Crippen molar-refractivity contribution in [3.63, 3.8) is 0 Å². The molecule has 0 aliphatic heterocycles. The van der Waals surface area contributed by atoms with Gasteiger partial charge in [-0.1, -0.05) is 60.7 Å². The lowest BCUT2D eigenvalue weighted by molar-refractivity contribution is -0.119. The number of hydrogen-bond donors (Lipinski definition) is 1. The highest BCUT2D eigenvalue weighted by Crippen LogP contribution is 2.36. The summed E-state index contributed by atoms with van der Waals surface area (Å²) >= 11 is 0. The monoisotopic (exact) mass is 299 g/mol. The molecular weight excluding hydrogens is 282 g/mol. The zero-order chi connectivity index (χ0) is 13.9. The van der Waals surface area contributed by atoms with Crippen LogP contribution in [-0.2, 0) is 11.2 Å². The van der Waals surface area contributed by atoms with Crippen LogP contribution in [0.2, 0.25) is 0 Å². The van der Waals surface area contributed by atoms with Crippen molar-refractivity contribution >= 4 is 23.9 Å². The first-order valence-electron chi connectivity index (χ1n) is 6.85. The average molecular weight is 300 g/mol. The van der Waals surface area contributed by atoms with Crippen molar-refractivity contribution in [2.24, 2.45) is 0 Å². The third kappa shape index (κ3) is 3.34. The molecule has 0 saturated heterocycles. The Morgan fingerprint density at radius 3 is 2.43 bits per heavy atom. The summed E-state index contributed by atoms with van der Waals surface area (Å²) in [6, 6.07) is 18.7. The molecule has 108 valence electrons. The summed E-state index contributed by atoms with van der Waals surface area (Å²) in [7, 11) is 0. The number of allylic oxidation sites excluding steroid dienone is 1. The number of benzene rings is 2. The Morgan fingerprint density at radius 2 is 1.71 bits per heavy atom. The van der Waals surface area contributed by atoms with E-state index in [4.69, 9.17) is 0 Å². The molecule has 2 aromatic rings. The van der Waals surface area contributed by atoms with E-state index in [2.05, 4.69) is 47.8 Å². The van der Waals surface area contributed by atoms with Crippen LogP contribution >= 0.6 is 12.4 Å². The van der Waals surface area contributed by atoms with E-state index in [0.29, 0.717) is 0 Å². The van der Waals surface area contributed by atoms with Gasteiger partial charge in [0.05, 0.1) is 6.04 Å². The predicted molar refractivity (Wildman–Crippen MR) is 88.4 cm³/mol. The van der Waals surface area contributed by atoms with Crippen LogP contribution in [0.1, 0.15) is 29.7 Å². The van der Waals surface area contributed by atoms with Crippen LogP contribution in [0.25, 0.3) is 5.57 Å². The molecule has 0 radical (unpaired) electrons. The summed E-state index contributed by atoms with van der Waals surface area (Å²) < 4.78 is 0. The third-order valence-electron chi connectivity index (χ3n) is 3.61. The molecule has 1 atom stereocenters. The number of amides is 1. The van der Waals surface area contributed by atoms with Crippen LogP contribution in [0.3, 0.4) is 0 Å². The fourth-order valence-corrected chi connectivity index (χ4v) is 2.75. The first-order valence-corrected chi connectivity index (χ1v) is 6.85. The van der Waals surface area contributed by atoms with E-state index in [1.807, 2.05) is 18.2 Å². The number of nitrogens with one attached hydrogen (secondary N) is 1. The van der Waals surface area contributed by atoms with Gasteiger partial charge < -0.3 is 5.32 Å². The Kier molecular flexibility index (Phi) is 4.81. The van der Waals surface area contributed by atoms with Gasteiger partial charge in [0.25, 0.3) is 0 Å². The molecule has 1 N–H and O–H groups in total. The molecule has 0 bridgehead atoms. The fourth-order valence-electron chi connectivity index (χ4n) is 2.75. The first kappa shape index (κ1) is 15.3. The van der Waals surface area contributed by atoms with Gasteiger partial charge in [-0.3, -0.25) is 4.79 Å². The summed E-state index contributed by atoms with van der Waals surface area (Å²) in [6.07, 6.45) is 3.06. The molecular formula is C18H18ClNO. The molecule has 2 nitrogen and oxygen atoms in total. The number of hydrogen-bond acceptors (Lipinski definition) is 1. The molecule has 1 unspecified atom stereocenters. The van der Waals surface area contributed by atoms with Crippen molar-refractivity contribution in [3.05, 3.63) is 77.4 Å². The fraction of sp³-hybridized carbons (Fsp3) is 0.167. The van der Waals surface area contributed by atoms with Crippen molar-refractivity contribution in [2.45, 2.75) is 19.4 Å². The molecule has 0 heterocycles. The van der Waals surface area contributed by atoms with Gasteiger partial charge in [-0.25, -0.2) is 0 Å². The van der Waals surface area contributed by atoms with Crippen LogP contribution < -0.4 is 5.32 Å². The second-order valence-corrected chi connectivity index (χ2v) is 5.12. The summed E-state index contributed by atoms with van der Waals surface area (Å²) in [5.74, 6) is 0.00186. The van der Waals surface area contributed by atoms with Gasteiger partial charge in [0, 0.05) is 6.92 Å². The van der Waals surface area contributed by atoms with Crippen molar-refractivity contribution in [1.82, 2.24) is 5.32 Å². The van der Waals surface area contributed by atoms with Crippen molar-refractivity contribution < 1.29 is 4.79 Å².